The minimum absolute atomic E-state index is 0.179. The number of imidazole rings is 1. The first kappa shape index (κ1) is 17.3. The van der Waals surface area contributed by atoms with Gasteiger partial charge in [0.1, 0.15) is 12.9 Å². The molecule has 0 radical (unpaired) electrons. The van der Waals surface area contributed by atoms with Crippen LogP contribution in [0.15, 0.2) is 46.4 Å². The maximum Gasteiger partial charge on any atom is 0.280 e. The van der Waals surface area contributed by atoms with Gasteiger partial charge in [-0.15, -0.1) is 0 Å². The van der Waals surface area contributed by atoms with Crippen molar-refractivity contribution in [3.8, 4) is 0 Å². The van der Waals surface area contributed by atoms with Gasteiger partial charge in [0, 0.05) is 19.2 Å². The average molecular weight is 401 g/mol. The molecule has 0 aliphatic heterocycles. The smallest absolute Gasteiger partial charge is 0.280 e. The largest absolute Gasteiger partial charge is 0.337 e. The second-order valence-corrected chi connectivity index (χ2v) is 8.13. The number of hydrogen-bond donors (Lipinski definition) is 0. The molecule has 3 atom stereocenters. The Hall–Kier alpha value is -3.62. The van der Waals surface area contributed by atoms with Crippen LogP contribution in [0.5, 0.6) is 0 Å². The van der Waals surface area contributed by atoms with Gasteiger partial charge in [-0.05, 0) is 48.4 Å². The molecule has 2 aliphatic carbocycles. The number of fused-ring (bicyclic) bond motifs is 2. The number of aryl methyl sites for hydroxylation is 2. The second kappa shape index (κ2) is 6.19. The molecule has 4 heterocycles. The summed E-state index contributed by atoms with van der Waals surface area (Å²) in [7, 11) is 1.77. The summed E-state index contributed by atoms with van der Waals surface area (Å²) in [6.07, 6.45) is 8.19. The maximum absolute atomic E-state index is 12.7. The topological polar surface area (TPSA) is 105 Å². The van der Waals surface area contributed by atoms with E-state index in [-0.39, 0.29) is 18.0 Å². The Morgan fingerprint density at radius 3 is 2.90 bits per heavy atom. The molecule has 1 saturated carbocycles. The van der Waals surface area contributed by atoms with Crippen LogP contribution in [0.4, 0.5) is 0 Å². The fraction of sp³-hybridized carbons (Fsp3) is 0.333. The summed E-state index contributed by atoms with van der Waals surface area (Å²) in [5, 5.41) is 4.18. The van der Waals surface area contributed by atoms with Crippen LogP contribution < -0.4 is 5.56 Å². The Labute approximate surface area is 171 Å². The van der Waals surface area contributed by atoms with Crippen molar-refractivity contribution in [3.05, 3.63) is 70.4 Å². The lowest BCUT2D eigenvalue weighted by Crippen LogP contribution is -2.22. The van der Waals surface area contributed by atoms with Crippen LogP contribution >= 0.6 is 0 Å². The lowest BCUT2D eigenvalue weighted by atomic mass is 10.0. The van der Waals surface area contributed by atoms with Crippen molar-refractivity contribution in [1.82, 2.24) is 34.2 Å². The number of rotatable bonds is 4. The minimum Gasteiger partial charge on any atom is -0.337 e. The minimum atomic E-state index is -0.179. The summed E-state index contributed by atoms with van der Waals surface area (Å²) in [5.74, 6) is 2.34. The molecule has 0 aromatic carbocycles. The summed E-state index contributed by atoms with van der Waals surface area (Å²) in [6, 6.07) is 4.14. The molecule has 4 aromatic heterocycles. The van der Waals surface area contributed by atoms with Crippen molar-refractivity contribution in [3.63, 3.8) is 0 Å². The Morgan fingerprint density at radius 1 is 1.23 bits per heavy atom. The first-order valence-corrected chi connectivity index (χ1v) is 9.91. The molecule has 6 rings (SSSR count). The molecule has 1 fully saturated rings. The van der Waals surface area contributed by atoms with Crippen LogP contribution in [0.1, 0.15) is 35.3 Å². The number of pyridine rings is 1. The zero-order chi connectivity index (χ0) is 20.4. The highest BCUT2D eigenvalue weighted by atomic mass is 16.5. The van der Waals surface area contributed by atoms with E-state index in [4.69, 9.17) is 4.52 Å². The van der Waals surface area contributed by atoms with Gasteiger partial charge in [-0.25, -0.2) is 9.97 Å². The highest BCUT2D eigenvalue weighted by Gasteiger charge is 2.55. The van der Waals surface area contributed by atoms with E-state index in [2.05, 4.69) is 44.2 Å². The van der Waals surface area contributed by atoms with Crippen LogP contribution in [0.25, 0.3) is 16.7 Å². The number of allylic oxidation sites excluding steroid dienone is 2. The fourth-order valence-electron chi connectivity index (χ4n) is 4.51. The molecule has 3 unspecified atom stereocenters. The first-order valence-electron chi connectivity index (χ1n) is 9.91. The van der Waals surface area contributed by atoms with Crippen molar-refractivity contribution < 1.29 is 4.52 Å². The van der Waals surface area contributed by atoms with Gasteiger partial charge >= 0.3 is 0 Å². The number of hydrogen-bond acceptors (Lipinski definition) is 7. The fourth-order valence-corrected chi connectivity index (χ4v) is 4.51. The molecule has 9 nitrogen and oxygen atoms in total. The van der Waals surface area contributed by atoms with E-state index in [0.29, 0.717) is 28.9 Å². The first-order chi connectivity index (χ1) is 14.6. The van der Waals surface area contributed by atoms with E-state index in [9.17, 15) is 4.79 Å². The molecule has 4 aromatic rings. The van der Waals surface area contributed by atoms with Crippen molar-refractivity contribution in [2.24, 2.45) is 18.9 Å². The van der Waals surface area contributed by atoms with Crippen molar-refractivity contribution >= 4 is 16.7 Å². The summed E-state index contributed by atoms with van der Waals surface area (Å²) >= 11 is 0. The zero-order valence-electron chi connectivity index (χ0n) is 16.6. The monoisotopic (exact) mass is 401 g/mol. The molecule has 0 bridgehead atoms. The lowest BCUT2D eigenvalue weighted by Gasteiger charge is -2.05. The highest BCUT2D eigenvalue weighted by Crippen LogP contribution is 2.62. The molecule has 0 amide bonds. The average Bonchev–Trinajstić information content (AvgIpc) is 3.16. The van der Waals surface area contributed by atoms with Crippen molar-refractivity contribution in [2.45, 2.75) is 25.8 Å². The van der Waals surface area contributed by atoms with Gasteiger partial charge in [0.05, 0.1) is 12.0 Å². The van der Waals surface area contributed by atoms with Gasteiger partial charge < -0.3 is 9.09 Å². The third kappa shape index (κ3) is 2.62. The Balaban J connectivity index is 1.21. The zero-order valence-corrected chi connectivity index (χ0v) is 16.6. The number of nitrogens with zero attached hydrogens (tertiary/aromatic N) is 7. The Bertz CT molecular complexity index is 1380. The third-order valence-electron chi connectivity index (χ3n) is 6.11. The van der Waals surface area contributed by atoms with Crippen LogP contribution in [-0.2, 0) is 13.6 Å². The molecule has 0 saturated heterocycles. The van der Waals surface area contributed by atoms with Gasteiger partial charge in [0.25, 0.3) is 5.56 Å². The molecule has 0 N–H and O–H groups in total. The van der Waals surface area contributed by atoms with Gasteiger partial charge in [0.15, 0.2) is 17.0 Å². The predicted octanol–water partition coefficient (Wildman–Crippen LogP) is 2.08. The molecule has 0 spiro atoms. The summed E-state index contributed by atoms with van der Waals surface area (Å²) in [4.78, 5) is 30.1. The van der Waals surface area contributed by atoms with Gasteiger partial charge in [-0.2, -0.15) is 4.98 Å². The number of aromatic nitrogens is 7. The lowest BCUT2D eigenvalue weighted by molar-refractivity contribution is 0.364. The Morgan fingerprint density at radius 2 is 2.10 bits per heavy atom. The second-order valence-electron chi connectivity index (χ2n) is 8.13. The summed E-state index contributed by atoms with van der Waals surface area (Å²) in [5.41, 5.74) is 4.29. The van der Waals surface area contributed by atoms with E-state index in [0.717, 1.165) is 17.9 Å². The molecule has 150 valence electrons. The van der Waals surface area contributed by atoms with E-state index < -0.39 is 0 Å². The van der Waals surface area contributed by atoms with Crippen LogP contribution in [-0.4, -0.2) is 34.2 Å². The molecule has 9 heteroatoms. The summed E-state index contributed by atoms with van der Waals surface area (Å²) < 4.78 is 8.57. The van der Waals surface area contributed by atoms with Gasteiger partial charge in [-0.3, -0.25) is 14.3 Å². The SMILES string of the molecule is Cc1ccnc(C2=CC3C(C2)C3c2noc(Cn3cnc4ncn(C)c4c3=O)n2)c1. The van der Waals surface area contributed by atoms with E-state index in [1.807, 2.05) is 12.3 Å². The van der Waals surface area contributed by atoms with Crippen LogP contribution in [0, 0.1) is 18.8 Å². The van der Waals surface area contributed by atoms with E-state index in [1.165, 1.54) is 22.0 Å². The standard InChI is InChI=1S/C21H19N7O2/c1-11-3-4-22-15(5-11)12-6-13-14(7-12)17(13)19-25-16(30-26-19)8-28-10-24-20-18(21(28)29)27(2)9-23-20/h3-6,9-10,13-14,17H,7-8H2,1-2H3. The van der Waals surface area contributed by atoms with Crippen LogP contribution in [0.2, 0.25) is 0 Å². The van der Waals surface area contributed by atoms with E-state index in [1.54, 1.807) is 17.9 Å². The summed E-state index contributed by atoms with van der Waals surface area (Å²) in [6.45, 7) is 2.27. The van der Waals surface area contributed by atoms with Crippen molar-refractivity contribution in [2.75, 3.05) is 0 Å². The molecule has 30 heavy (non-hydrogen) atoms. The molecular weight excluding hydrogens is 382 g/mol. The molecular formula is C21H19N7O2. The van der Waals surface area contributed by atoms with Gasteiger partial charge in [0.2, 0.25) is 5.89 Å². The normalized spacial score (nSPS) is 22.3. The Kier molecular flexibility index (Phi) is 3.56. The highest BCUT2D eigenvalue weighted by molar-refractivity contribution is 5.69. The van der Waals surface area contributed by atoms with Crippen LogP contribution in [0.3, 0.4) is 0 Å². The predicted molar refractivity (Wildman–Crippen MR) is 107 cm³/mol. The quantitative estimate of drug-likeness (QED) is 0.515. The van der Waals surface area contributed by atoms with Crippen molar-refractivity contribution in [1.29, 1.82) is 0 Å². The maximum atomic E-state index is 12.7. The molecule has 2 aliphatic rings. The van der Waals surface area contributed by atoms with Gasteiger partial charge in [-0.1, -0.05) is 11.2 Å². The third-order valence-corrected chi connectivity index (χ3v) is 6.11. The van der Waals surface area contributed by atoms with E-state index >= 15 is 0 Å².